The van der Waals surface area contributed by atoms with Crippen LogP contribution in [0.15, 0.2) is 47.2 Å². The van der Waals surface area contributed by atoms with Gasteiger partial charge in [0.15, 0.2) is 5.76 Å². The molecule has 1 aromatic carbocycles. The van der Waals surface area contributed by atoms with Crippen molar-refractivity contribution in [2.24, 2.45) is 0 Å². The quantitative estimate of drug-likeness (QED) is 0.235. The summed E-state index contributed by atoms with van der Waals surface area (Å²) in [5.74, 6) is 0.918. The third kappa shape index (κ3) is 7.20. The number of carbonyl (C=O) groups excluding carboxylic acids is 2. The van der Waals surface area contributed by atoms with Gasteiger partial charge in [-0.1, -0.05) is 22.8 Å². The third-order valence-electron chi connectivity index (χ3n) is 6.93. The summed E-state index contributed by atoms with van der Waals surface area (Å²) in [5.41, 5.74) is 8.40. The van der Waals surface area contributed by atoms with Crippen LogP contribution in [0.2, 0.25) is 4.34 Å². The molecule has 2 amide bonds. The number of thiophene rings is 1. The number of piperazine rings is 1. The van der Waals surface area contributed by atoms with Gasteiger partial charge < -0.3 is 25.2 Å². The topological polar surface area (TPSA) is 140 Å². The molecule has 0 bridgehead atoms. The molecule has 2 atom stereocenters. The summed E-state index contributed by atoms with van der Waals surface area (Å²) in [4.78, 5) is 38.3. The molecular weight excluding hydrogens is 566 g/mol. The molecule has 1 fully saturated rings. The molecule has 216 valence electrons. The van der Waals surface area contributed by atoms with Crippen molar-refractivity contribution in [3.05, 3.63) is 58.3 Å². The number of hydrogen-bond acceptors (Lipinski definition) is 10. The molecule has 2 unspecified atom stereocenters. The van der Waals surface area contributed by atoms with Gasteiger partial charge in [0.2, 0.25) is 12.3 Å². The molecular formula is C28H32ClN7O4S. The zero-order chi connectivity index (χ0) is 28.9. The molecule has 3 aromatic heterocycles. The summed E-state index contributed by atoms with van der Waals surface area (Å²) in [6, 6.07) is 10.7. The highest BCUT2D eigenvalue weighted by atomic mass is 35.5. The maximum atomic E-state index is 12.9. The predicted octanol–water partition coefficient (Wildman–Crippen LogP) is 3.38. The lowest BCUT2D eigenvalue weighted by Gasteiger charge is -2.41. The smallest absolute Gasteiger partial charge is 0.234 e. The predicted molar refractivity (Wildman–Crippen MR) is 157 cm³/mol. The average molecular weight is 598 g/mol. The van der Waals surface area contributed by atoms with Gasteiger partial charge in [0.05, 0.1) is 51.8 Å². The molecule has 13 heteroatoms. The first kappa shape index (κ1) is 28.9. The first-order valence-electron chi connectivity index (χ1n) is 13.3. The number of halogens is 1. The first-order valence-corrected chi connectivity index (χ1v) is 14.5. The van der Waals surface area contributed by atoms with E-state index in [1.54, 1.807) is 4.90 Å². The number of amides is 2. The fourth-order valence-electron chi connectivity index (χ4n) is 5.03. The minimum Gasteiger partial charge on any atom is -0.383 e. The number of benzene rings is 1. The Labute approximate surface area is 246 Å². The largest absolute Gasteiger partial charge is 0.383 e. The van der Waals surface area contributed by atoms with Crippen LogP contribution in [-0.2, 0) is 27.3 Å². The Morgan fingerprint density at radius 2 is 2.15 bits per heavy atom. The van der Waals surface area contributed by atoms with Gasteiger partial charge in [-0.2, -0.15) is 0 Å². The Kier molecular flexibility index (Phi) is 9.13. The maximum absolute atomic E-state index is 12.9. The summed E-state index contributed by atoms with van der Waals surface area (Å²) in [7, 11) is 0. The van der Waals surface area contributed by atoms with Crippen molar-refractivity contribution in [1.29, 1.82) is 0 Å². The van der Waals surface area contributed by atoms with Gasteiger partial charge in [0.25, 0.3) is 0 Å². The van der Waals surface area contributed by atoms with E-state index in [1.807, 2.05) is 55.1 Å². The Morgan fingerprint density at radius 3 is 2.90 bits per heavy atom. The van der Waals surface area contributed by atoms with E-state index in [2.05, 4.69) is 20.4 Å². The van der Waals surface area contributed by atoms with Crippen LogP contribution >= 0.6 is 22.9 Å². The molecule has 4 aromatic rings. The normalized spacial score (nSPS) is 16.7. The van der Waals surface area contributed by atoms with Crippen molar-refractivity contribution >= 4 is 52.0 Å². The van der Waals surface area contributed by atoms with Crippen LogP contribution in [-0.4, -0.2) is 81.7 Å². The van der Waals surface area contributed by atoms with E-state index in [9.17, 15) is 9.59 Å². The number of ether oxygens (including phenoxy) is 1. The summed E-state index contributed by atoms with van der Waals surface area (Å²) < 4.78 is 11.9. The number of carbonyl (C=O) groups is 2. The van der Waals surface area contributed by atoms with Gasteiger partial charge in [0, 0.05) is 31.1 Å². The molecule has 1 saturated heterocycles. The van der Waals surface area contributed by atoms with E-state index < -0.39 is 0 Å². The summed E-state index contributed by atoms with van der Waals surface area (Å²) in [5, 5.41) is 8.10. The van der Waals surface area contributed by atoms with E-state index in [4.69, 9.17) is 26.6 Å². The van der Waals surface area contributed by atoms with Crippen molar-refractivity contribution in [2.45, 2.75) is 45.0 Å². The van der Waals surface area contributed by atoms with Crippen LogP contribution < -0.4 is 11.1 Å². The minimum atomic E-state index is -0.340. The molecule has 0 spiro atoms. The zero-order valence-electron chi connectivity index (χ0n) is 22.8. The molecule has 1 aliphatic heterocycles. The van der Waals surface area contributed by atoms with Crippen molar-refractivity contribution in [2.75, 3.05) is 32.0 Å². The van der Waals surface area contributed by atoms with Crippen molar-refractivity contribution < 1.29 is 18.8 Å². The SMILES string of the molecule is CC(C)OCCN(C=O)C(Cc1ccc2c(N)ncnc2c1)C1CN(Cc2cc(-c3ccc(Cl)s3)on2)CC(=O)N1. The van der Waals surface area contributed by atoms with Crippen LogP contribution in [0.5, 0.6) is 0 Å². The lowest BCUT2D eigenvalue weighted by atomic mass is 9.95. The lowest BCUT2D eigenvalue weighted by Crippen LogP contribution is -2.62. The molecule has 5 rings (SSSR count). The fourth-order valence-corrected chi connectivity index (χ4v) is 6.02. The number of nitrogen functional groups attached to an aromatic ring is 1. The Morgan fingerprint density at radius 1 is 1.29 bits per heavy atom. The van der Waals surface area contributed by atoms with E-state index in [1.165, 1.54) is 17.7 Å². The monoisotopic (exact) mass is 597 g/mol. The number of anilines is 1. The van der Waals surface area contributed by atoms with Gasteiger partial charge >= 0.3 is 0 Å². The second kappa shape index (κ2) is 12.9. The van der Waals surface area contributed by atoms with Crippen LogP contribution in [0.4, 0.5) is 5.82 Å². The Hall–Kier alpha value is -3.58. The summed E-state index contributed by atoms with van der Waals surface area (Å²) in [6.45, 7) is 5.81. The Balaban J connectivity index is 1.36. The van der Waals surface area contributed by atoms with Crippen molar-refractivity contribution in [1.82, 2.24) is 30.2 Å². The van der Waals surface area contributed by atoms with Gasteiger partial charge in [-0.25, -0.2) is 9.97 Å². The maximum Gasteiger partial charge on any atom is 0.234 e. The Bertz CT molecular complexity index is 1510. The highest BCUT2D eigenvalue weighted by Gasteiger charge is 2.34. The first-order chi connectivity index (χ1) is 19.8. The molecule has 1 aliphatic rings. The molecule has 0 saturated carbocycles. The summed E-state index contributed by atoms with van der Waals surface area (Å²) >= 11 is 7.48. The van der Waals surface area contributed by atoms with E-state index in [0.717, 1.165) is 27.8 Å². The molecule has 0 radical (unpaired) electrons. The highest BCUT2D eigenvalue weighted by Crippen LogP contribution is 2.31. The van der Waals surface area contributed by atoms with E-state index in [-0.39, 0.29) is 30.6 Å². The number of nitrogens with one attached hydrogen (secondary N) is 1. The van der Waals surface area contributed by atoms with E-state index in [0.29, 0.717) is 54.3 Å². The molecule has 11 nitrogen and oxygen atoms in total. The van der Waals surface area contributed by atoms with Gasteiger partial charge in [-0.05, 0) is 50.1 Å². The number of nitrogens with zero attached hydrogens (tertiary/aromatic N) is 5. The number of aromatic nitrogens is 3. The third-order valence-corrected chi connectivity index (χ3v) is 8.18. The van der Waals surface area contributed by atoms with Crippen LogP contribution in [0, 0.1) is 0 Å². The number of fused-ring (bicyclic) bond motifs is 1. The van der Waals surface area contributed by atoms with E-state index >= 15 is 0 Å². The van der Waals surface area contributed by atoms with Crippen LogP contribution in [0.25, 0.3) is 21.5 Å². The minimum absolute atomic E-state index is 0.0370. The average Bonchev–Trinajstić information content (AvgIpc) is 3.58. The molecule has 41 heavy (non-hydrogen) atoms. The number of hydrogen-bond donors (Lipinski definition) is 2. The lowest BCUT2D eigenvalue weighted by molar-refractivity contribution is -0.129. The molecule has 3 N–H and O–H groups in total. The summed E-state index contributed by atoms with van der Waals surface area (Å²) in [6.07, 6.45) is 2.79. The van der Waals surface area contributed by atoms with Crippen molar-refractivity contribution in [3.8, 4) is 10.6 Å². The zero-order valence-corrected chi connectivity index (χ0v) is 24.4. The molecule has 0 aliphatic carbocycles. The number of nitrogens with two attached hydrogens (primary N) is 1. The second-order valence-electron chi connectivity index (χ2n) is 10.3. The highest BCUT2D eigenvalue weighted by molar-refractivity contribution is 7.19. The fraction of sp³-hybridized carbons (Fsp3) is 0.393. The van der Waals surface area contributed by atoms with Gasteiger partial charge in [0.1, 0.15) is 12.1 Å². The van der Waals surface area contributed by atoms with Gasteiger partial charge in [-0.15, -0.1) is 11.3 Å². The standard InChI is InChI=1S/C28H32ClN7O4S/c1-17(2)39-8-7-36(16-37)23(10-18-3-4-20-21(9-18)31-15-32-28(20)30)22-13-35(14-27(38)33-22)12-19-11-24(40-34-19)25-5-6-26(29)41-25/h3-6,9,11,15-17,22-23H,7-8,10,12-14H2,1-2H3,(H,33,38)(H2,30,31,32). The van der Waals surface area contributed by atoms with Crippen molar-refractivity contribution in [3.63, 3.8) is 0 Å². The van der Waals surface area contributed by atoms with Crippen LogP contribution in [0.1, 0.15) is 25.1 Å². The van der Waals surface area contributed by atoms with Gasteiger partial charge in [-0.3, -0.25) is 14.5 Å². The second-order valence-corrected chi connectivity index (χ2v) is 12.0. The molecule has 4 heterocycles. The number of rotatable bonds is 12. The van der Waals surface area contributed by atoms with Crippen LogP contribution in [0.3, 0.4) is 0 Å².